The van der Waals surface area contributed by atoms with Gasteiger partial charge in [-0.15, -0.1) is 66.9 Å². The van der Waals surface area contributed by atoms with Gasteiger partial charge in [0.05, 0.1) is 160 Å². The average molecular weight is 2120 g/mol. The Morgan fingerprint density at radius 3 is 1.08 bits per heavy atom. The van der Waals surface area contributed by atoms with Crippen LogP contribution in [0, 0.1) is 32.9 Å². The monoisotopic (exact) mass is 2110 g/mol. The van der Waals surface area contributed by atoms with E-state index in [1.807, 2.05) is 36.4 Å². The number of morpholine rings is 5. The third-order valence-corrected chi connectivity index (χ3v) is 30.5. The molecule has 15 heterocycles. The van der Waals surface area contributed by atoms with Gasteiger partial charge in [0.1, 0.15) is 18.5 Å². The standard InChI is InChI=1S/C21H19Cl2N5O3S.2C18H14Cl2N4OS.C17H13Cl2N5OS.C16H12Cl2N6OS/c1-12(29)30-7-5-14-10-28(6-8-31-14)21-18(24-2)17(15-4-3-13(22)9-16(15)23)19(32-21)20-25-11-26-27-20;1-21-15-14(12-3-2-11(19)10-13(12)20)16(17-22-4-5-23-17)26-18(15)24-6-8-25-9-7-24;1-21-16-15(12-3-2-11(19)10-13(12)20)17(14-4-5-22-23-14)26-18(16)24-6-8-25-9-7-24;1-20-14-13(11-3-2-10(18)8-12(11)19)15(16-21-9-22-23-16)26-17(14)24-4-6-25-7-5-24;1-19-13-12(10-3-2-9(17)8-11(10)18)14(15-20-22-23-21-15)26-16(13)24-4-6-25-7-5-24/h3-4,9,11,14H,5-8,10H2,1H3,(H,25,26,27);2*2-5,10H,6-9H2,(H,22,23);2-3,8-9H,4-7H2,(H,21,22,23);2-3,8H,4-7H2,(H,20,21,22,23). The second kappa shape index (κ2) is 46.0. The van der Waals surface area contributed by atoms with Gasteiger partial charge in [0.15, 0.2) is 11.6 Å². The number of nitrogens with one attached hydrogen (secondary N) is 5. The summed E-state index contributed by atoms with van der Waals surface area (Å²) in [6.45, 7) is 53.7. The molecule has 1 unspecified atom stereocenters. The predicted octanol–water partition coefficient (Wildman–Crippen LogP) is 25.4. The molecule has 20 rings (SSSR count). The Morgan fingerprint density at radius 1 is 0.419 bits per heavy atom. The molecule has 46 heteroatoms. The summed E-state index contributed by atoms with van der Waals surface area (Å²) in [7, 11) is 0. The number of carbonyl (C=O) groups excluding carboxylic acids is 1. The highest BCUT2D eigenvalue weighted by Crippen LogP contribution is 2.60. The number of nitrogens with zero attached hydrogens (tertiary/aromatic N) is 19. The maximum absolute atomic E-state index is 11.1. The van der Waals surface area contributed by atoms with Crippen molar-refractivity contribution >= 4 is 232 Å². The van der Waals surface area contributed by atoms with Crippen LogP contribution in [0.2, 0.25) is 50.2 Å². The predicted molar refractivity (Wildman–Crippen MR) is 545 cm³/mol. The number of ether oxygens (including phenoxy) is 6. The van der Waals surface area contributed by atoms with E-state index in [2.05, 4.69) is 120 Å². The minimum atomic E-state index is -0.313. The van der Waals surface area contributed by atoms with Crippen LogP contribution in [-0.4, -0.2) is 215 Å². The van der Waals surface area contributed by atoms with Crippen LogP contribution in [0.3, 0.4) is 0 Å². The van der Waals surface area contributed by atoms with E-state index >= 15 is 0 Å². The van der Waals surface area contributed by atoms with E-state index in [9.17, 15) is 4.79 Å². The third kappa shape index (κ3) is 22.2. The van der Waals surface area contributed by atoms with Gasteiger partial charge >= 0.3 is 5.97 Å². The van der Waals surface area contributed by atoms with Crippen molar-refractivity contribution in [1.82, 2.24) is 71.2 Å². The molecule has 5 aromatic carbocycles. The largest absolute Gasteiger partial charge is 0.466 e. The number of imidazole rings is 1. The van der Waals surface area contributed by atoms with Crippen molar-refractivity contribution in [3.63, 3.8) is 0 Å². The van der Waals surface area contributed by atoms with Gasteiger partial charge in [-0.2, -0.15) is 20.5 Å². The summed E-state index contributed by atoms with van der Waals surface area (Å²) in [5, 5.41) is 44.7. The molecular formula is C90H72Cl10N24O7S5. The van der Waals surface area contributed by atoms with Crippen molar-refractivity contribution < 1.29 is 33.2 Å². The normalized spacial score (nSPS) is 14.8. The van der Waals surface area contributed by atoms with E-state index in [-0.39, 0.29) is 12.1 Å². The van der Waals surface area contributed by atoms with Crippen molar-refractivity contribution in [3.8, 4) is 109 Å². The van der Waals surface area contributed by atoms with Crippen LogP contribution in [0.15, 0.2) is 128 Å². The summed E-state index contributed by atoms with van der Waals surface area (Å²) >= 11 is 70.3. The number of benzene rings is 5. The van der Waals surface area contributed by atoms with E-state index in [1.165, 1.54) is 53.6 Å². The zero-order chi connectivity index (χ0) is 95.0. The fourth-order valence-corrected chi connectivity index (χ4v) is 24.1. The summed E-state index contributed by atoms with van der Waals surface area (Å²) < 4.78 is 32.7. The molecule has 5 fully saturated rings. The molecule has 694 valence electrons. The molecule has 31 nitrogen and oxygen atoms in total. The fourth-order valence-electron chi connectivity index (χ4n) is 15.3. The molecule has 5 aliphatic heterocycles. The van der Waals surface area contributed by atoms with Crippen LogP contribution < -0.4 is 24.5 Å². The first-order valence-corrected chi connectivity index (χ1v) is 49.3. The van der Waals surface area contributed by atoms with Crippen LogP contribution in [0.5, 0.6) is 0 Å². The fraction of sp³-hybridized carbons (Fsp3) is 0.256. The molecule has 0 saturated carbocycles. The molecule has 0 aliphatic carbocycles. The van der Waals surface area contributed by atoms with Crippen molar-refractivity contribution in [2.75, 3.05) is 156 Å². The molecule has 0 amide bonds. The van der Waals surface area contributed by atoms with Crippen LogP contribution in [-0.2, 0) is 33.2 Å². The molecule has 15 aromatic rings. The topological polar surface area (TPSA) is 305 Å². The number of tetrazole rings is 1. The number of esters is 1. The van der Waals surface area contributed by atoms with Gasteiger partial charge in [0.25, 0.3) is 0 Å². The summed E-state index contributed by atoms with van der Waals surface area (Å²) in [6, 6.07) is 28.3. The van der Waals surface area contributed by atoms with Crippen molar-refractivity contribution in [3.05, 3.63) is 236 Å². The van der Waals surface area contributed by atoms with Crippen LogP contribution in [0.1, 0.15) is 13.3 Å². The molecule has 0 radical (unpaired) electrons. The van der Waals surface area contributed by atoms with Gasteiger partial charge in [-0.1, -0.05) is 146 Å². The van der Waals surface area contributed by atoms with Gasteiger partial charge in [-0.05, 0) is 99.8 Å². The van der Waals surface area contributed by atoms with E-state index in [4.69, 9.17) is 177 Å². The average Bonchev–Trinajstić information content (AvgIpc) is 1.61. The van der Waals surface area contributed by atoms with Crippen molar-refractivity contribution in [1.29, 1.82) is 0 Å². The molecule has 136 heavy (non-hydrogen) atoms. The van der Waals surface area contributed by atoms with E-state index in [1.54, 1.807) is 102 Å². The number of aromatic amines is 5. The summed E-state index contributed by atoms with van der Waals surface area (Å²) in [4.78, 5) is 61.5. The van der Waals surface area contributed by atoms with Crippen LogP contribution in [0.25, 0.3) is 133 Å². The molecule has 5 saturated heterocycles. The van der Waals surface area contributed by atoms with Crippen LogP contribution >= 0.6 is 173 Å². The Bertz CT molecular complexity index is 6320. The second-order valence-electron chi connectivity index (χ2n) is 29.8. The van der Waals surface area contributed by atoms with Gasteiger partial charge in [0, 0.05) is 175 Å². The highest BCUT2D eigenvalue weighted by atomic mass is 35.5. The SMILES string of the molecule is [C-]#[N+]c1c(N2CCOC(CCOC(C)=O)C2)sc(-c2ncn[nH]2)c1-c1ccc(Cl)cc1Cl.[C-]#[N+]c1c(N2CCOCC2)sc(-c2ccn[nH]2)c1-c1ccc(Cl)cc1Cl.[C-]#[N+]c1c(N2CCOCC2)sc(-c2ncc[nH]2)c1-c1ccc(Cl)cc1Cl.[C-]#[N+]c1c(N2CCOCC2)sc(-c2ncn[nH]2)c1-c1ccc(Cl)cc1Cl.[C-]#[N+]c1c(N2CCOCC2)sc(-c2nn[nH]n2)c1-c1ccc(Cl)cc1Cl. The Kier molecular flexibility index (Phi) is 33.1. The molecule has 5 aliphatic rings. The van der Waals surface area contributed by atoms with E-state index in [0.29, 0.717) is 198 Å². The van der Waals surface area contributed by atoms with Gasteiger partial charge in [0.2, 0.25) is 34.3 Å². The second-order valence-corrected chi connectivity index (χ2v) is 39.0. The number of anilines is 5. The number of carbonyl (C=O) groups is 1. The third-order valence-electron chi connectivity index (χ3n) is 21.5. The smallest absolute Gasteiger partial charge is 0.302 e. The van der Waals surface area contributed by atoms with Gasteiger partial charge in [-0.3, -0.25) is 20.1 Å². The lowest BCUT2D eigenvalue weighted by Gasteiger charge is -2.34. The first-order valence-electron chi connectivity index (χ1n) is 41.5. The lowest BCUT2D eigenvalue weighted by Crippen LogP contribution is -2.42. The van der Waals surface area contributed by atoms with Gasteiger partial charge in [-0.25, -0.2) is 39.2 Å². The molecular weight excluding hydrogens is 2040 g/mol. The molecule has 0 spiro atoms. The molecule has 10 aromatic heterocycles. The summed E-state index contributed by atoms with van der Waals surface area (Å²) in [6.07, 6.45) is 8.53. The number of hydrogen-bond acceptors (Lipinski definition) is 26. The maximum atomic E-state index is 11.1. The highest BCUT2D eigenvalue weighted by molar-refractivity contribution is 7.22. The van der Waals surface area contributed by atoms with Gasteiger partial charge < -0.3 is 57.9 Å². The summed E-state index contributed by atoms with van der Waals surface area (Å²) in [5.74, 6) is 2.01. The first kappa shape index (κ1) is 98.1. The quantitative estimate of drug-likeness (QED) is 0.0394. The Morgan fingerprint density at radius 2 is 0.765 bits per heavy atom. The number of halogens is 10. The molecule has 5 N–H and O–H groups in total. The lowest BCUT2D eigenvalue weighted by molar-refractivity contribution is -0.141. The van der Waals surface area contributed by atoms with Crippen molar-refractivity contribution in [2.24, 2.45) is 0 Å². The zero-order valence-electron chi connectivity index (χ0n) is 71.2. The Labute approximate surface area is 849 Å². The number of rotatable bonds is 18. The minimum absolute atomic E-state index is 0.111. The van der Waals surface area contributed by atoms with E-state index < -0.39 is 0 Å². The van der Waals surface area contributed by atoms with E-state index in [0.717, 1.165) is 152 Å². The lowest BCUT2D eigenvalue weighted by atomic mass is 10.0. The van der Waals surface area contributed by atoms with Crippen LogP contribution in [0.4, 0.5) is 53.4 Å². The Hall–Kier alpha value is -11.0. The highest BCUT2D eigenvalue weighted by Gasteiger charge is 2.36. The molecule has 0 bridgehead atoms. The minimum Gasteiger partial charge on any atom is -0.466 e. The number of hydrogen-bond donors (Lipinski definition) is 5. The summed E-state index contributed by atoms with van der Waals surface area (Å²) in [5.41, 5.74) is 11.2. The zero-order valence-corrected chi connectivity index (χ0v) is 82.9. The number of aromatic nitrogens is 14. The maximum Gasteiger partial charge on any atom is 0.302 e. The molecule has 1 atom stereocenters. The number of H-pyrrole nitrogens is 5. The van der Waals surface area contributed by atoms with Crippen molar-refractivity contribution in [2.45, 2.75) is 19.4 Å². The first-order chi connectivity index (χ1) is 66.2. The Balaban J connectivity index is 0.000000124. The number of thiophene rings is 5.